The molecule has 0 amide bonds. The summed E-state index contributed by atoms with van der Waals surface area (Å²) in [6.07, 6.45) is 0.873. The predicted octanol–water partition coefficient (Wildman–Crippen LogP) is 4.65. The molecule has 0 unspecified atom stereocenters. The zero-order valence-corrected chi connectivity index (χ0v) is 14.7. The van der Waals surface area contributed by atoms with E-state index in [0.717, 1.165) is 32.9 Å². The zero-order chi connectivity index (χ0) is 18.6. The number of hydrogen-bond donors (Lipinski definition) is 1. The minimum atomic E-state index is -0.765. The van der Waals surface area contributed by atoms with Crippen LogP contribution in [0.15, 0.2) is 60.8 Å². The minimum absolute atomic E-state index is 0.197. The van der Waals surface area contributed by atoms with Gasteiger partial charge in [-0.3, -0.25) is 0 Å². The molecule has 27 heavy (non-hydrogen) atoms. The van der Waals surface area contributed by atoms with E-state index < -0.39 is 6.16 Å². The van der Waals surface area contributed by atoms with Crippen LogP contribution in [0.25, 0.3) is 21.8 Å². The molecule has 0 saturated carbocycles. The molecule has 4 aromatic rings. The van der Waals surface area contributed by atoms with Crippen molar-refractivity contribution in [2.45, 2.75) is 6.92 Å². The van der Waals surface area contributed by atoms with E-state index in [4.69, 9.17) is 9.47 Å². The monoisotopic (exact) mass is 356 g/mol. The van der Waals surface area contributed by atoms with Crippen LogP contribution in [0.1, 0.15) is 18.1 Å². The molecule has 4 rings (SSSR count). The van der Waals surface area contributed by atoms with E-state index in [0.29, 0.717) is 0 Å². The number of nitrogens with zero attached hydrogens (tertiary/aromatic N) is 1. The lowest BCUT2D eigenvalue weighted by molar-refractivity contribution is 0.103. The number of rotatable bonds is 2. The Morgan fingerprint density at radius 2 is 1.78 bits per heavy atom. The van der Waals surface area contributed by atoms with Gasteiger partial charge in [-0.25, -0.2) is 9.78 Å². The number of aromatic nitrogens is 2. The van der Waals surface area contributed by atoms with Crippen molar-refractivity contribution >= 4 is 28.0 Å². The molecular weight excluding hydrogens is 340 g/mol. The maximum atomic E-state index is 11.5. The Bertz CT molecular complexity index is 1180. The number of carbonyl (C=O) groups is 1. The zero-order valence-electron chi connectivity index (χ0n) is 14.7. The van der Waals surface area contributed by atoms with Gasteiger partial charge in [-0.1, -0.05) is 30.0 Å². The van der Waals surface area contributed by atoms with Gasteiger partial charge >= 0.3 is 6.16 Å². The minimum Gasteiger partial charge on any atom is -0.434 e. The molecule has 0 saturated heterocycles. The topological polar surface area (TPSA) is 64.2 Å². The molecule has 1 N–H and O–H groups in total. The normalized spacial score (nSPS) is 10.4. The third-order valence-electron chi connectivity index (χ3n) is 4.03. The van der Waals surface area contributed by atoms with Gasteiger partial charge in [-0.2, -0.15) is 0 Å². The molecule has 0 radical (unpaired) electrons. The van der Waals surface area contributed by atoms with Gasteiger partial charge in [0, 0.05) is 33.5 Å². The molecule has 0 aliphatic carbocycles. The van der Waals surface area contributed by atoms with Gasteiger partial charge in [-0.15, -0.1) is 0 Å². The van der Waals surface area contributed by atoms with Crippen molar-refractivity contribution in [1.29, 1.82) is 0 Å². The van der Waals surface area contributed by atoms with E-state index in [1.807, 2.05) is 48.5 Å². The van der Waals surface area contributed by atoms with Crippen molar-refractivity contribution in [3.63, 3.8) is 0 Å². The summed E-state index contributed by atoms with van der Waals surface area (Å²) >= 11 is 0. The average Bonchev–Trinajstić information content (AvgIpc) is 3.05. The second-order valence-corrected chi connectivity index (χ2v) is 5.85. The maximum absolute atomic E-state index is 11.5. The van der Waals surface area contributed by atoms with Crippen molar-refractivity contribution in [2.24, 2.45) is 0 Å². The summed E-state index contributed by atoms with van der Waals surface area (Å²) in [7, 11) is 0. The molecular formula is C22H16N2O3. The van der Waals surface area contributed by atoms with E-state index >= 15 is 0 Å². The lowest BCUT2D eigenvalue weighted by Crippen LogP contribution is -2.10. The first-order valence-electron chi connectivity index (χ1n) is 8.56. The average molecular weight is 356 g/mol. The highest BCUT2D eigenvalue weighted by atomic mass is 16.7. The standard InChI is InChI=1S/C22H16N2O3/c1-2-26-22(25)27-21-13-18-17-12-16(9-8-15-6-4-3-5-7-15)10-11-19(17)24-20(18)14-23-21/h3-7,10-14,24H,2H2,1H3. The summed E-state index contributed by atoms with van der Waals surface area (Å²) in [5, 5.41) is 1.89. The van der Waals surface area contributed by atoms with Gasteiger partial charge in [0.05, 0.1) is 18.3 Å². The fourth-order valence-corrected chi connectivity index (χ4v) is 2.81. The smallest absolute Gasteiger partial charge is 0.434 e. The van der Waals surface area contributed by atoms with Crippen LogP contribution in [0.5, 0.6) is 5.88 Å². The van der Waals surface area contributed by atoms with E-state index in [2.05, 4.69) is 21.8 Å². The second kappa shape index (κ2) is 7.22. The van der Waals surface area contributed by atoms with Crippen LogP contribution in [0.3, 0.4) is 0 Å². The lowest BCUT2D eigenvalue weighted by atomic mass is 10.1. The summed E-state index contributed by atoms with van der Waals surface area (Å²) < 4.78 is 9.90. The molecule has 0 fully saturated rings. The van der Waals surface area contributed by atoms with Crippen LogP contribution in [-0.2, 0) is 4.74 Å². The van der Waals surface area contributed by atoms with E-state index in [9.17, 15) is 4.79 Å². The number of hydrogen-bond acceptors (Lipinski definition) is 4. The summed E-state index contributed by atoms with van der Waals surface area (Å²) in [5.41, 5.74) is 3.68. The van der Waals surface area contributed by atoms with E-state index in [-0.39, 0.29) is 12.5 Å². The molecule has 0 spiro atoms. The Kier molecular flexibility index (Phi) is 4.46. The number of H-pyrrole nitrogens is 1. The Balaban J connectivity index is 1.72. The highest BCUT2D eigenvalue weighted by Gasteiger charge is 2.10. The number of pyridine rings is 1. The molecule has 2 heterocycles. The summed E-state index contributed by atoms with van der Waals surface area (Å²) in [6.45, 7) is 1.97. The predicted molar refractivity (Wildman–Crippen MR) is 104 cm³/mol. The fraction of sp³-hybridized carbons (Fsp3) is 0.0909. The van der Waals surface area contributed by atoms with Crippen molar-refractivity contribution in [3.05, 3.63) is 71.9 Å². The van der Waals surface area contributed by atoms with Gasteiger partial charge in [0.25, 0.3) is 0 Å². The molecule has 0 atom stereocenters. The van der Waals surface area contributed by atoms with Gasteiger partial charge in [0.1, 0.15) is 0 Å². The van der Waals surface area contributed by atoms with E-state index in [1.54, 1.807) is 19.2 Å². The largest absolute Gasteiger partial charge is 0.515 e. The Hall–Kier alpha value is -3.78. The summed E-state index contributed by atoms with van der Waals surface area (Å²) in [6, 6.07) is 17.5. The molecule has 2 aromatic carbocycles. The lowest BCUT2D eigenvalue weighted by Gasteiger charge is -2.02. The highest BCUT2D eigenvalue weighted by Crippen LogP contribution is 2.28. The van der Waals surface area contributed by atoms with Crippen molar-refractivity contribution in [1.82, 2.24) is 9.97 Å². The van der Waals surface area contributed by atoms with Gasteiger partial charge in [-0.05, 0) is 37.3 Å². The second-order valence-electron chi connectivity index (χ2n) is 5.85. The molecule has 5 nitrogen and oxygen atoms in total. The highest BCUT2D eigenvalue weighted by molar-refractivity contribution is 6.07. The number of fused-ring (bicyclic) bond motifs is 3. The molecule has 2 aromatic heterocycles. The third-order valence-corrected chi connectivity index (χ3v) is 4.03. The molecule has 132 valence electrons. The van der Waals surface area contributed by atoms with Crippen LogP contribution >= 0.6 is 0 Å². The number of nitrogens with one attached hydrogen (secondary N) is 1. The fourth-order valence-electron chi connectivity index (χ4n) is 2.81. The van der Waals surface area contributed by atoms with Gasteiger partial charge in [0.2, 0.25) is 5.88 Å². The molecule has 0 aliphatic rings. The van der Waals surface area contributed by atoms with Crippen LogP contribution in [0.4, 0.5) is 4.79 Å². The summed E-state index contributed by atoms with van der Waals surface area (Å²) in [5.74, 6) is 6.54. The first kappa shape index (κ1) is 16.7. The van der Waals surface area contributed by atoms with Crippen molar-refractivity contribution < 1.29 is 14.3 Å². The first-order valence-corrected chi connectivity index (χ1v) is 8.56. The van der Waals surface area contributed by atoms with Crippen molar-refractivity contribution in [3.8, 4) is 17.7 Å². The number of benzene rings is 2. The van der Waals surface area contributed by atoms with Crippen molar-refractivity contribution in [2.75, 3.05) is 6.61 Å². The van der Waals surface area contributed by atoms with Gasteiger partial charge < -0.3 is 14.5 Å². The molecule has 0 bridgehead atoms. The van der Waals surface area contributed by atoms with Crippen LogP contribution in [0, 0.1) is 11.8 Å². The van der Waals surface area contributed by atoms with Crippen LogP contribution in [0.2, 0.25) is 0 Å². The maximum Gasteiger partial charge on any atom is 0.515 e. The Morgan fingerprint density at radius 3 is 2.59 bits per heavy atom. The molecule has 0 aliphatic heterocycles. The number of carbonyl (C=O) groups excluding carboxylic acids is 1. The Morgan fingerprint density at radius 1 is 1.00 bits per heavy atom. The van der Waals surface area contributed by atoms with Gasteiger partial charge in [0.15, 0.2) is 0 Å². The molecule has 5 heteroatoms. The van der Waals surface area contributed by atoms with E-state index in [1.165, 1.54) is 0 Å². The summed E-state index contributed by atoms with van der Waals surface area (Å²) in [4.78, 5) is 19.0. The van der Waals surface area contributed by atoms with Crippen LogP contribution in [-0.4, -0.2) is 22.7 Å². The number of ether oxygens (including phenoxy) is 2. The first-order chi connectivity index (χ1) is 13.2. The quantitative estimate of drug-likeness (QED) is 0.419. The third kappa shape index (κ3) is 3.60. The number of aromatic amines is 1. The Labute approximate surface area is 155 Å². The SMILES string of the molecule is CCOC(=O)Oc1cc2c(cn1)[nH]c1ccc(C#Cc3ccccc3)cc12. The van der Waals surface area contributed by atoms with Crippen LogP contribution < -0.4 is 4.74 Å².